The molecular formula is C31H53N3O4. The molecule has 0 radical (unpaired) electrons. The van der Waals surface area contributed by atoms with E-state index in [1.807, 2.05) is 45.0 Å². The molecule has 2 N–H and O–H groups in total. The predicted octanol–water partition coefficient (Wildman–Crippen LogP) is 6.69. The molecular weight excluding hydrogens is 478 g/mol. The molecule has 7 heteroatoms. The summed E-state index contributed by atoms with van der Waals surface area (Å²) in [5, 5.41) is 5.87. The Morgan fingerprint density at radius 1 is 0.895 bits per heavy atom. The van der Waals surface area contributed by atoms with Crippen LogP contribution >= 0.6 is 0 Å². The minimum atomic E-state index is -0.818. The Morgan fingerprint density at radius 2 is 1.47 bits per heavy atom. The van der Waals surface area contributed by atoms with E-state index in [1.165, 1.54) is 0 Å². The number of nitrogens with one attached hydrogen (secondary N) is 2. The van der Waals surface area contributed by atoms with Crippen LogP contribution in [-0.4, -0.2) is 47.5 Å². The van der Waals surface area contributed by atoms with Crippen molar-refractivity contribution in [2.24, 2.45) is 5.92 Å². The molecule has 216 valence electrons. The van der Waals surface area contributed by atoms with Gasteiger partial charge in [0.05, 0.1) is 0 Å². The third-order valence-corrected chi connectivity index (χ3v) is 6.42. The standard InChI is InChI=1S/C31H53N3O4/c1-9-11-13-14-16-22-34(29(36)26(23(3)4)33-30(37)38-31(6,7)8)27(25-19-17-24(5)18-20-25)28(35)32-21-15-12-10-2/h17-20,23,26-27H,9-16,21-22H2,1-8H3,(H,32,35)(H,33,37). The lowest BCUT2D eigenvalue weighted by Crippen LogP contribution is -2.55. The van der Waals surface area contributed by atoms with Crippen molar-refractivity contribution in [2.75, 3.05) is 13.1 Å². The molecule has 0 saturated carbocycles. The van der Waals surface area contributed by atoms with Crippen LogP contribution in [0, 0.1) is 12.8 Å². The molecule has 1 rings (SSSR count). The quantitative estimate of drug-likeness (QED) is 0.233. The molecule has 0 fully saturated rings. The topological polar surface area (TPSA) is 87.7 Å². The Balaban J connectivity index is 3.36. The van der Waals surface area contributed by atoms with Crippen molar-refractivity contribution >= 4 is 17.9 Å². The number of ether oxygens (including phenoxy) is 1. The molecule has 0 aliphatic rings. The molecule has 0 saturated heterocycles. The van der Waals surface area contributed by atoms with Crippen molar-refractivity contribution in [3.05, 3.63) is 35.4 Å². The van der Waals surface area contributed by atoms with Crippen molar-refractivity contribution in [3.8, 4) is 0 Å². The van der Waals surface area contributed by atoms with E-state index in [-0.39, 0.29) is 17.7 Å². The number of carbonyl (C=O) groups excluding carboxylic acids is 3. The molecule has 0 heterocycles. The van der Waals surface area contributed by atoms with Crippen LogP contribution in [0.3, 0.4) is 0 Å². The monoisotopic (exact) mass is 531 g/mol. The van der Waals surface area contributed by atoms with Crippen LogP contribution < -0.4 is 10.6 Å². The van der Waals surface area contributed by atoms with Crippen LogP contribution in [0.2, 0.25) is 0 Å². The fraction of sp³-hybridized carbons (Fsp3) is 0.710. The number of carbonyl (C=O) groups is 3. The molecule has 0 spiro atoms. The average Bonchev–Trinajstić information content (AvgIpc) is 2.83. The zero-order chi connectivity index (χ0) is 28.7. The van der Waals surface area contributed by atoms with E-state index in [4.69, 9.17) is 4.74 Å². The van der Waals surface area contributed by atoms with Gasteiger partial charge in [-0.05, 0) is 52.0 Å². The summed E-state index contributed by atoms with van der Waals surface area (Å²) in [6.07, 6.45) is 7.46. The molecule has 0 bridgehead atoms. The second-order valence-corrected chi connectivity index (χ2v) is 11.6. The van der Waals surface area contributed by atoms with E-state index in [2.05, 4.69) is 24.5 Å². The van der Waals surface area contributed by atoms with Gasteiger partial charge in [-0.15, -0.1) is 0 Å². The van der Waals surface area contributed by atoms with E-state index in [1.54, 1.807) is 25.7 Å². The van der Waals surface area contributed by atoms with Crippen LogP contribution in [-0.2, 0) is 14.3 Å². The lowest BCUT2D eigenvalue weighted by atomic mass is 9.97. The first-order chi connectivity index (χ1) is 17.9. The van der Waals surface area contributed by atoms with Crippen LogP contribution in [0.5, 0.6) is 0 Å². The van der Waals surface area contributed by atoms with Crippen LogP contribution in [0.15, 0.2) is 24.3 Å². The summed E-state index contributed by atoms with van der Waals surface area (Å²) in [6, 6.07) is 6.19. The zero-order valence-electron chi connectivity index (χ0n) is 25.2. The molecule has 0 aliphatic heterocycles. The summed E-state index contributed by atoms with van der Waals surface area (Å²) in [7, 11) is 0. The Hall–Kier alpha value is -2.57. The molecule has 3 amide bonds. The van der Waals surface area contributed by atoms with Gasteiger partial charge in [-0.25, -0.2) is 4.79 Å². The Labute approximate surface area is 231 Å². The van der Waals surface area contributed by atoms with Crippen molar-refractivity contribution in [2.45, 2.75) is 124 Å². The number of hydrogen-bond donors (Lipinski definition) is 2. The number of amides is 3. The molecule has 2 atom stereocenters. The molecule has 38 heavy (non-hydrogen) atoms. The number of unbranched alkanes of at least 4 members (excludes halogenated alkanes) is 6. The molecule has 0 aromatic heterocycles. The molecule has 2 unspecified atom stereocenters. The van der Waals surface area contributed by atoms with Crippen molar-refractivity contribution in [1.82, 2.24) is 15.5 Å². The van der Waals surface area contributed by atoms with E-state index >= 15 is 0 Å². The number of benzene rings is 1. The molecule has 1 aromatic carbocycles. The summed E-state index contributed by atoms with van der Waals surface area (Å²) in [6.45, 7) is 16.4. The normalized spacial score (nSPS) is 13.1. The largest absolute Gasteiger partial charge is 0.444 e. The highest BCUT2D eigenvalue weighted by atomic mass is 16.6. The highest BCUT2D eigenvalue weighted by molar-refractivity contribution is 5.92. The minimum Gasteiger partial charge on any atom is -0.444 e. The van der Waals surface area contributed by atoms with Gasteiger partial charge in [0.15, 0.2) is 0 Å². The van der Waals surface area contributed by atoms with E-state index in [0.717, 1.165) is 62.5 Å². The highest BCUT2D eigenvalue weighted by Crippen LogP contribution is 2.25. The van der Waals surface area contributed by atoms with Gasteiger partial charge in [0.1, 0.15) is 17.7 Å². The van der Waals surface area contributed by atoms with Gasteiger partial charge in [-0.1, -0.05) is 96.0 Å². The first-order valence-electron chi connectivity index (χ1n) is 14.6. The van der Waals surface area contributed by atoms with Gasteiger partial charge in [0, 0.05) is 13.1 Å². The van der Waals surface area contributed by atoms with Crippen molar-refractivity contribution < 1.29 is 19.1 Å². The fourth-order valence-electron chi connectivity index (χ4n) is 4.28. The number of hydrogen-bond acceptors (Lipinski definition) is 4. The summed E-state index contributed by atoms with van der Waals surface area (Å²) < 4.78 is 5.46. The summed E-state index contributed by atoms with van der Waals surface area (Å²) in [5.41, 5.74) is 1.17. The minimum absolute atomic E-state index is 0.188. The van der Waals surface area contributed by atoms with Crippen LogP contribution in [0.1, 0.15) is 117 Å². The van der Waals surface area contributed by atoms with Crippen molar-refractivity contribution in [3.63, 3.8) is 0 Å². The SMILES string of the molecule is CCCCCCCN(C(=O)C(NC(=O)OC(C)(C)C)C(C)C)C(C(=O)NCCCCC)c1ccc(C)cc1. The van der Waals surface area contributed by atoms with Crippen molar-refractivity contribution in [1.29, 1.82) is 0 Å². The van der Waals surface area contributed by atoms with Gasteiger partial charge >= 0.3 is 6.09 Å². The second-order valence-electron chi connectivity index (χ2n) is 11.6. The van der Waals surface area contributed by atoms with Gasteiger partial charge in [-0.3, -0.25) is 9.59 Å². The Bertz CT molecular complexity index is 846. The van der Waals surface area contributed by atoms with E-state index in [9.17, 15) is 14.4 Å². The maximum absolute atomic E-state index is 14.1. The number of rotatable bonds is 16. The maximum atomic E-state index is 14.1. The maximum Gasteiger partial charge on any atom is 0.408 e. The van der Waals surface area contributed by atoms with Gasteiger partial charge < -0.3 is 20.3 Å². The Morgan fingerprint density at radius 3 is 2.03 bits per heavy atom. The van der Waals surface area contributed by atoms with Gasteiger partial charge in [-0.2, -0.15) is 0 Å². The summed E-state index contributed by atoms with van der Waals surface area (Å²) in [4.78, 5) is 42.1. The molecule has 7 nitrogen and oxygen atoms in total. The fourth-order valence-corrected chi connectivity index (χ4v) is 4.28. The first kappa shape index (κ1) is 33.5. The predicted molar refractivity (Wildman–Crippen MR) is 155 cm³/mol. The van der Waals surface area contributed by atoms with Gasteiger partial charge in [0.2, 0.25) is 11.8 Å². The third kappa shape index (κ3) is 12.3. The molecule has 0 aliphatic carbocycles. The number of alkyl carbamates (subject to hydrolysis) is 1. The zero-order valence-corrected chi connectivity index (χ0v) is 25.2. The lowest BCUT2D eigenvalue weighted by molar-refractivity contribution is -0.143. The van der Waals surface area contributed by atoms with Crippen LogP contribution in [0.4, 0.5) is 4.79 Å². The summed E-state index contributed by atoms with van der Waals surface area (Å²) >= 11 is 0. The molecule has 1 aromatic rings. The van der Waals surface area contributed by atoms with E-state index in [0.29, 0.717) is 13.1 Å². The van der Waals surface area contributed by atoms with E-state index < -0.39 is 23.8 Å². The second kappa shape index (κ2) is 17.1. The Kier molecular flexibility index (Phi) is 15.1. The van der Waals surface area contributed by atoms with Crippen LogP contribution in [0.25, 0.3) is 0 Å². The highest BCUT2D eigenvalue weighted by Gasteiger charge is 2.37. The average molecular weight is 532 g/mol. The first-order valence-corrected chi connectivity index (χ1v) is 14.6. The third-order valence-electron chi connectivity index (χ3n) is 6.42. The summed E-state index contributed by atoms with van der Waals surface area (Å²) in [5.74, 6) is -0.647. The number of aryl methyl sites for hydroxylation is 1. The smallest absolute Gasteiger partial charge is 0.408 e. The van der Waals surface area contributed by atoms with Gasteiger partial charge in [0.25, 0.3) is 0 Å². The lowest BCUT2D eigenvalue weighted by Gasteiger charge is -2.35. The number of nitrogens with zero attached hydrogens (tertiary/aromatic N) is 1.